The summed E-state index contributed by atoms with van der Waals surface area (Å²) in [4.78, 5) is 0. The molecule has 0 amide bonds. The van der Waals surface area contributed by atoms with Crippen molar-refractivity contribution >= 4 is 0 Å². The van der Waals surface area contributed by atoms with E-state index in [1.54, 1.807) is 0 Å². The first-order valence-electron chi connectivity index (χ1n) is 9.66. The van der Waals surface area contributed by atoms with Gasteiger partial charge < -0.3 is 18.9 Å². The topological polar surface area (TPSA) is 36.9 Å². The lowest BCUT2D eigenvalue weighted by Crippen LogP contribution is -2.44. The smallest absolute Gasteiger partial charge is 0.194 e. The summed E-state index contributed by atoms with van der Waals surface area (Å²) in [5, 5.41) is 0. The molecule has 0 saturated carbocycles. The fourth-order valence-electron chi connectivity index (χ4n) is 3.41. The Balaban J connectivity index is 1.38. The van der Waals surface area contributed by atoms with Gasteiger partial charge in [0.05, 0.1) is 32.3 Å². The van der Waals surface area contributed by atoms with Crippen molar-refractivity contribution in [2.45, 2.75) is 51.6 Å². The molecule has 152 valence electrons. The predicted octanol–water partition coefficient (Wildman–Crippen LogP) is 4.20. The number of rotatable bonds is 7. The van der Waals surface area contributed by atoms with Gasteiger partial charge in [-0.2, -0.15) is 0 Å². The summed E-state index contributed by atoms with van der Waals surface area (Å²) in [5.41, 5.74) is 0.373. The standard InChI is InChI=1S/C20H27F3O4/c1-2-3-4-14-9-26-20(27-10-14)15-11-24-18(25-12-15)6-5-13-7-16(21)19(23)17(22)8-13/h7-8,14-15,18,20H,2-6,9-12H2,1H3. The fraction of sp³-hybridized carbons (Fsp3) is 0.700. The number of hydrogen-bond donors (Lipinski definition) is 0. The van der Waals surface area contributed by atoms with Crippen LogP contribution in [-0.2, 0) is 25.4 Å². The minimum Gasteiger partial charge on any atom is -0.352 e. The molecule has 0 bridgehead atoms. The summed E-state index contributed by atoms with van der Waals surface area (Å²) in [5.74, 6) is -3.35. The molecule has 1 aromatic rings. The summed E-state index contributed by atoms with van der Waals surface area (Å²) in [6.45, 7) is 4.46. The van der Waals surface area contributed by atoms with Gasteiger partial charge in [-0.05, 0) is 30.5 Å². The zero-order valence-corrected chi connectivity index (χ0v) is 15.6. The van der Waals surface area contributed by atoms with Crippen LogP contribution in [0.5, 0.6) is 0 Å². The number of hydrogen-bond acceptors (Lipinski definition) is 4. The van der Waals surface area contributed by atoms with Crippen LogP contribution in [0, 0.1) is 29.3 Å². The van der Waals surface area contributed by atoms with Crippen LogP contribution in [0.3, 0.4) is 0 Å². The van der Waals surface area contributed by atoms with E-state index in [4.69, 9.17) is 18.9 Å². The number of benzene rings is 1. The molecule has 2 heterocycles. The van der Waals surface area contributed by atoms with E-state index in [1.807, 2.05) is 0 Å². The molecule has 0 aliphatic carbocycles. The molecule has 2 saturated heterocycles. The maximum absolute atomic E-state index is 13.3. The highest BCUT2D eigenvalue weighted by atomic mass is 19.2. The van der Waals surface area contributed by atoms with Crippen LogP contribution in [0.25, 0.3) is 0 Å². The van der Waals surface area contributed by atoms with Gasteiger partial charge in [0.15, 0.2) is 30.0 Å². The molecule has 27 heavy (non-hydrogen) atoms. The Hall–Kier alpha value is -1.15. The van der Waals surface area contributed by atoms with Crippen LogP contribution < -0.4 is 0 Å². The van der Waals surface area contributed by atoms with Crippen molar-refractivity contribution in [2.75, 3.05) is 26.4 Å². The van der Waals surface area contributed by atoms with E-state index in [2.05, 4.69) is 6.92 Å². The van der Waals surface area contributed by atoms with Crippen LogP contribution in [0.1, 0.15) is 38.2 Å². The molecule has 0 unspecified atom stereocenters. The van der Waals surface area contributed by atoms with E-state index in [0.29, 0.717) is 50.8 Å². The predicted molar refractivity (Wildman–Crippen MR) is 92.5 cm³/mol. The normalized spacial score (nSPS) is 29.0. The van der Waals surface area contributed by atoms with Gasteiger partial charge in [0.25, 0.3) is 0 Å². The maximum Gasteiger partial charge on any atom is 0.194 e. The molecule has 3 rings (SSSR count). The van der Waals surface area contributed by atoms with Gasteiger partial charge in [-0.3, -0.25) is 0 Å². The summed E-state index contributed by atoms with van der Waals surface area (Å²) in [6, 6.07) is 2.01. The molecule has 0 radical (unpaired) electrons. The van der Waals surface area contributed by atoms with Crippen LogP contribution in [-0.4, -0.2) is 39.0 Å². The molecular weight excluding hydrogens is 361 g/mol. The molecule has 1 aromatic carbocycles. The SMILES string of the molecule is CCCCC1COC(C2COC(CCc3cc(F)c(F)c(F)c3)OC2)OC1. The molecule has 2 fully saturated rings. The number of ether oxygens (including phenoxy) is 4. The van der Waals surface area contributed by atoms with Gasteiger partial charge in [-0.1, -0.05) is 19.8 Å². The van der Waals surface area contributed by atoms with E-state index in [1.165, 1.54) is 12.8 Å². The van der Waals surface area contributed by atoms with Crippen LogP contribution in [0.4, 0.5) is 13.2 Å². The van der Waals surface area contributed by atoms with Gasteiger partial charge in [-0.25, -0.2) is 13.2 Å². The lowest BCUT2D eigenvalue weighted by atomic mass is 10.0. The van der Waals surface area contributed by atoms with Gasteiger partial charge in [-0.15, -0.1) is 0 Å². The first-order valence-corrected chi connectivity index (χ1v) is 9.66. The Morgan fingerprint density at radius 1 is 0.889 bits per heavy atom. The van der Waals surface area contributed by atoms with Crippen LogP contribution >= 0.6 is 0 Å². The Bertz CT molecular complexity index is 574. The highest BCUT2D eigenvalue weighted by Gasteiger charge is 2.33. The van der Waals surface area contributed by atoms with E-state index < -0.39 is 23.7 Å². The molecule has 7 heteroatoms. The average molecular weight is 388 g/mol. The highest BCUT2D eigenvalue weighted by Crippen LogP contribution is 2.26. The van der Waals surface area contributed by atoms with Crippen molar-refractivity contribution in [3.8, 4) is 0 Å². The number of unbranched alkanes of at least 4 members (excludes halogenated alkanes) is 1. The Kier molecular flexibility index (Phi) is 7.52. The summed E-state index contributed by atoms with van der Waals surface area (Å²) in [6.07, 6.45) is 3.46. The van der Waals surface area contributed by atoms with E-state index >= 15 is 0 Å². The summed E-state index contributed by atoms with van der Waals surface area (Å²) >= 11 is 0. The number of halogens is 3. The molecule has 2 aliphatic heterocycles. The average Bonchev–Trinajstić information content (AvgIpc) is 2.69. The molecule has 4 nitrogen and oxygen atoms in total. The molecule has 2 aliphatic rings. The van der Waals surface area contributed by atoms with Gasteiger partial charge in [0.1, 0.15) is 0 Å². The van der Waals surface area contributed by atoms with Crippen molar-refractivity contribution in [3.05, 3.63) is 35.1 Å². The second kappa shape index (κ2) is 9.87. The first-order chi connectivity index (χ1) is 13.1. The highest BCUT2D eigenvalue weighted by molar-refractivity contribution is 5.19. The third-order valence-electron chi connectivity index (χ3n) is 5.05. The van der Waals surface area contributed by atoms with Crippen molar-refractivity contribution < 1.29 is 32.1 Å². The monoisotopic (exact) mass is 388 g/mol. The fourth-order valence-corrected chi connectivity index (χ4v) is 3.41. The zero-order valence-electron chi connectivity index (χ0n) is 15.6. The van der Waals surface area contributed by atoms with Crippen LogP contribution in [0.15, 0.2) is 12.1 Å². The van der Waals surface area contributed by atoms with Crippen molar-refractivity contribution in [3.63, 3.8) is 0 Å². The minimum atomic E-state index is -1.45. The van der Waals surface area contributed by atoms with E-state index in [0.717, 1.165) is 18.6 Å². The quantitative estimate of drug-likeness (QED) is 0.656. The second-order valence-electron chi connectivity index (χ2n) is 7.31. The zero-order chi connectivity index (χ0) is 19.2. The Labute approximate surface area is 157 Å². The molecule has 0 aromatic heterocycles. The lowest BCUT2D eigenvalue weighted by molar-refractivity contribution is -0.281. The molecular formula is C20H27F3O4. The number of aryl methyl sites for hydroxylation is 1. The third-order valence-corrected chi connectivity index (χ3v) is 5.05. The Morgan fingerprint density at radius 2 is 1.52 bits per heavy atom. The summed E-state index contributed by atoms with van der Waals surface area (Å²) in [7, 11) is 0. The molecule has 0 N–H and O–H groups in total. The van der Waals surface area contributed by atoms with E-state index in [-0.39, 0.29) is 12.2 Å². The van der Waals surface area contributed by atoms with Gasteiger partial charge >= 0.3 is 0 Å². The molecule has 0 atom stereocenters. The van der Waals surface area contributed by atoms with E-state index in [9.17, 15) is 13.2 Å². The van der Waals surface area contributed by atoms with Crippen molar-refractivity contribution in [1.29, 1.82) is 0 Å². The van der Waals surface area contributed by atoms with Gasteiger partial charge in [0, 0.05) is 12.3 Å². The molecule has 0 spiro atoms. The largest absolute Gasteiger partial charge is 0.352 e. The minimum absolute atomic E-state index is 0.00841. The van der Waals surface area contributed by atoms with Crippen molar-refractivity contribution in [2.24, 2.45) is 11.8 Å². The Morgan fingerprint density at radius 3 is 2.11 bits per heavy atom. The summed E-state index contributed by atoms with van der Waals surface area (Å²) < 4.78 is 62.5. The van der Waals surface area contributed by atoms with Crippen LogP contribution in [0.2, 0.25) is 0 Å². The first kappa shape index (κ1) is 20.6. The van der Waals surface area contributed by atoms with Gasteiger partial charge in [0.2, 0.25) is 0 Å². The lowest BCUT2D eigenvalue weighted by Gasteiger charge is -2.37. The third kappa shape index (κ3) is 5.67. The second-order valence-corrected chi connectivity index (χ2v) is 7.31. The van der Waals surface area contributed by atoms with Crippen molar-refractivity contribution in [1.82, 2.24) is 0 Å². The maximum atomic E-state index is 13.3.